The number of piperazine rings is 1. The fourth-order valence-electron chi connectivity index (χ4n) is 3.27. The third kappa shape index (κ3) is 4.38. The predicted octanol–water partition coefficient (Wildman–Crippen LogP) is 3.41. The molecular formula is C22H21N5O2. The summed E-state index contributed by atoms with van der Waals surface area (Å²) in [6.07, 6.45) is -0.284. The fourth-order valence-corrected chi connectivity index (χ4v) is 3.27. The fraction of sp³-hybridized carbons (Fsp3) is 0.227. The van der Waals surface area contributed by atoms with Gasteiger partial charge in [-0.25, -0.2) is 4.79 Å². The normalized spacial score (nSPS) is 13.8. The van der Waals surface area contributed by atoms with Gasteiger partial charge < -0.3 is 14.5 Å². The summed E-state index contributed by atoms with van der Waals surface area (Å²) >= 11 is 0. The number of carbonyl (C=O) groups is 1. The van der Waals surface area contributed by atoms with E-state index in [2.05, 4.69) is 21.2 Å². The van der Waals surface area contributed by atoms with E-state index < -0.39 is 0 Å². The smallest absolute Gasteiger partial charge is 0.410 e. The van der Waals surface area contributed by atoms with Crippen LogP contribution in [0.5, 0.6) is 0 Å². The van der Waals surface area contributed by atoms with E-state index in [1.54, 1.807) is 17.0 Å². The highest BCUT2D eigenvalue weighted by Gasteiger charge is 2.23. The maximum atomic E-state index is 12.3. The Balaban J connectivity index is 1.31. The van der Waals surface area contributed by atoms with Crippen molar-refractivity contribution in [2.45, 2.75) is 6.61 Å². The summed E-state index contributed by atoms with van der Waals surface area (Å²) in [5, 5.41) is 16.4. The summed E-state index contributed by atoms with van der Waals surface area (Å²) in [6.45, 7) is 2.85. The second-order valence-electron chi connectivity index (χ2n) is 6.84. The maximum absolute atomic E-state index is 12.3. The molecule has 7 heteroatoms. The molecule has 0 spiro atoms. The molecule has 1 fully saturated rings. The van der Waals surface area contributed by atoms with Crippen molar-refractivity contribution in [1.82, 2.24) is 15.1 Å². The number of aromatic nitrogens is 2. The lowest BCUT2D eigenvalue weighted by Crippen LogP contribution is -2.49. The molecule has 1 aliphatic rings. The van der Waals surface area contributed by atoms with Gasteiger partial charge >= 0.3 is 6.09 Å². The second-order valence-corrected chi connectivity index (χ2v) is 6.84. The standard InChI is InChI=1S/C22H21N5O2/c23-15-17-6-8-19(9-7-17)20-14-21(25-24-20)26-10-12-27(13-11-26)22(28)29-16-18-4-2-1-3-5-18/h1-9,14H,10-13,16H2,(H,24,25). The first kappa shape index (κ1) is 18.6. The van der Waals surface area contributed by atoms with Gasteiger partial charge in [0.2, 0.25) is 0 Å². The van der Waals surface area contributed by atoms with Crippen molar-refractivity contribution in [3.8, 4) is 17.3 Å². The minimum Gasteiger partial charge on any atom is -0.445 e. The van der Waals surface area contributed by atoms with E-state index in [1.807, 2.05) is 48.5 Å². The third-order valence-corrected chi connectivity index (χ3v) is 4.96. The monoisotopic (exact) mass is 387 g/mol. The summed E-state index contributed by atoms with van der Waals surface area (Å²) < 4.78 is 5.41. The van der Waals surface area contributed by atoms with Gasteiger partial charge in [-0.1, -0.05) is 42.5 Å². The van der Waals surface area contributed by atoms with E-state index in [0.717, 1.165) is 22.6 Å². The van der Waals surface area contributed by atoms with Gasteiger partial charge in [-0.2, -0.15) is 10.4 Å². The van der Waals surface area contributed by atoms with Crippen LogP contribution in [0.15, 0.2) is 60.7 Å². The Morgan fingerprint density at radius 1 is 1.07 bits per heavy atom. The molecule has 4 rings (SSSR count). The molecule has 0 saturated carbocycles. The van der Waals surface area contributed by atoms with E-state index in [-0.39, 0.29) is 12.7 Å². The number of hydrogen-bond acceptors (Lipinski definition) is 5. The molecule has 1 saturated heterocycles. The minimum atomic E-state index is -0.284. The first-order valence-electron chi connectivity index (χ1n) is 9.49. The van der Waals surface area contributed by atoms with Crippen LogP contribution in [-0.2, 0) is 11.3 Å². The third-order valence-electron chi connectivity index (χ3n) is 4.96. The molecule has 2 heterocycles. The van der Waals surface area contributed by atoms with Gasteiger partial charge in [-0.3, -0.25) is 5.10 Å². The van der Waals surface area contributed by atoms with Crippen molar-refractivity contribution in [3.63, 3.8) is 0 Å². The number of benzene rings is 2. The molecule has 146 valence electrons. The molecule has 1 aromatic heterocycles. The van der Waals surface area contributed by atoms with Gasteiger partial charge in [-0.05, 0) is 23.3 Å². The second kappa shape index (κ2) is 8.48. The zero-order chi connectivity index (χ0) is 20.1. The van der Waals surface area contributed by atoms with Crippen LogP contribution >= 0.6 is 0 Å². The number of amides is 1. The highest BCUT2D eigenvalue weighted by molar-refractivity contribution is 5.68. The molecule has 29 heavy (non-hydrogen) atoms. The Hall–Kier alpha value is -3.79. The van der Waals surface area contributed by atoms with Crippen LogP contribution in [0.2, 0.25) is 0 Å². The van der Waals surface area contributed by atoms with Crippen molar-refractivity contribution >= 4 is 11.9 Å². The van der Waals surface area contributed by atoms with Crippen LogP contribution in [-0.4, -0.2) is 47.4 Å². The van der Waals surface area contributed by atoms with Crippen LogP contribution in [0.1, 0.15) is 11.1 Å². The molecule has 1 N–H and O–H groups in total. The average molecular weight is 387 g/mol. The van der Waals surface area contributed by atoms with Crippen molar-refractivity contribution in [2.24, 2.45) is 0 Å². The molecule has 0 aliphatic carbocycles. The van der Waals surface area contributed by atoms with Gasteiger partial charge in [0, 0.05) is 32.2 Å². The summed E-state index contributed by atoms with van der Waals surface area (Å²) in [7, 11) is 0. The van der Waals surface area contributed by atoms with Crippen LogP contribution in [0.3, 0.4) is 0 Å². The van der Waals surface area contributed by atoms with Gasteiger partial charge in [-0.15, -0.1) is 0 Å². The van der Waals surface area contributed by atoms with Gasteiger partial charge in [0.15, 0.2) is 5.82 Å². The van der Waals surface area contributed by atoms with Crippen molar-refractivity contribution in [1.29, 1.82) is 5.26 Å². The van der Waals surface area contributed by atoms with Crippen molar-refractivity contribution < 1.29 is 9.53 Å². The molecule has 0 bridgehead atoms. The summed E-state index contributed by atoms with van der Waals surface area (Å²) in [4.78, 5) is 16.2. The molecular weight excluding hydrogens is 366 g/mol. The molecule has 0 unspecified atom stereocenters. The van der Waals surface area contributed by atoms with Crippen LogP contribution in [0, 0.1) is 11.3 Å². The summed E-state index contributed by atoms with van der Waals surface area (Å²) in [5.74, 6) is 0.849. The Labute approximate surface area is 169 Å². The average Bonchev–Trinajstić information content (AvgIpc) is 3.29. The lowest BCUT2D eigenvalue weighted by molar-refractivity contribution is 0.0941. The number of nitrogens with zero attached hydrogens (tertiary/aromatic N) is 4. The number of carbonyl (C=O) groups excluding carboxylic acids is 1. The van der Waals surface area contributed by atoms with Crippen molar-refractivity contribution in [2.75, 3.05) is 31.1 Å². The maximum Gasteiger partial charge on any atom is 0.410 e. The van der Waals surface area contributed by atoms with Gasteiger partial charge in [0.25, 0.3) is 0 Å². The lowest BCUT2D eigenvalue weighted by atomic mass is 10.1. The number of nitrogens with one attached hydrogen (secondary N) is 1. The van der Waals surface area contributed by atoms with E-state index >= 15 is 0 Å². The first-order chi connectivity index (χ1) is 14.2. The summed E-state index contributed by atoms with van der Waals surface area (Å²) in [6, 6.07) is 21.2. The molecule has 1 aliphatic heterocycles. The highest BCUT2D eigenvalue weighted by Crippen LogP contribution is 2.23. The van der Waals surface area contributed by atoms with E-state index in [0.29, 0.717) is 31.7 Å². The molecule has 3 aromatic rings. The van der Waals surface area contributed by atoms with E-state index in [1.165, 1.54) is 0 Å². The molecule has 7 nitrogen and oxygen atoms in total. The van der Waals surface area contributed by atoms with Crippen LogP contribution in [0.4, 0.5) is 10.6 Å². The Kier molecular flexibility index (Phi) is 5.43. The quantitative estimate of drug-likeness (QED) is 0.742. The molecule has 0 radical (unpaired) electrons. The largest absolute Gasteiger partial charge is 0.445 e. The Morgan fingerprint density at radius 3 is 2.48 bits per heavy atom. The first-order valence-corrected chi connectivity index (χ1v) is 9.49. The zero-order valence-corrected chi connectivity index (χ0v) is 15.9. The van der Waals surface area contributed by atoms with Gasteiger partial charge in [0.1, 0.15) is 6.61 Å². The van der Waals surface area contributed by atoms with E-state index in [4.69, 9.17) is 10.00 Å². The topological polar surface area (TPSA) is 85.2 Å². The number of rotatable bonds is 4. The number of aromatic amines is 1. The van der Waals surface area contributed by atoms with Gasteiger partial charge in [0.05, 0.1) is 17.3 Å². The number of ether oxygens (including phenoxy) is 1. The molecule has 2 aromatic carbocycles. The molecule has 1 amide bonds. The number of nitriles is 1. The Bertz CT molecular complexity index is 1000. The summed E-state index contributed by atoms with van der Waals surface area (Å²) in [5.41, 5.74) is 3.48. The Morgan fingerprint density at radius 2 is 1.79 bits per heavy atom. The number of anilines is 1. The molecule has 0 atom stereocenters. The highest BCUT2D eigenvalue weighted by atomic mass is 16.6. The van der Waals surface area contributed by atoms with Crippen molar-refractivity contribution in [3.05, 3.63) is 71.8 Å². The van der Waals surface area contributed by atoms with E-state index in [9.17, 15) is 4.79 Å². The zero-order valence-electron chi connectivity index (χ0n) is 15.9. The number of H-pyrrole nitrogens is 1. The lowest BCUT2D eigenvalue weighted by Gasteiger charge is -2.34. The van der Waals surface area contributed by atoms with Crippen LogP contribution in [0.25, 0.3) is 11.3 Å². The predicted molar refractivity (Wildman–Crippen MR) is 109 cm³/mol. The van der Waals surface area contributed by atoms with Crippen LogP contribution < -0.4 is 4.90 Å². The number of hydrogen-bond donors (Lipinski definition) is 1. The minimum absolute atomic E-state index is 0.284. The SMILES string of the molecule is N#Cc1ccc(-c2cc(N3CCN(C(=O)OCc4ccccc4)CC3)n[nH]2)cc1.